The molecule has 2 aromatic heterocycles. The number of likely N-dealkylation sites (tertiary alicyclic amines) is 1. The highest BCUT2D eigenvalue weighted by Crippen LogP contribution is 2.35. The first-order valence-electron chi connectivity index (χ1n) is 10.9. The van der Waals surface area contributed by atoms with Gasteiger partial charge in [0, 0.05) is 50.2 Å². The number of hydrogen-bond donors (Lipinski definition) is 0. The summed E-state index contributed by atoms with van der Waals surface area (Å²) in [6, 6.07) is 5.56. The van der Waals surface area contributed by atoms with E-state index in [1.165, 1.54) is 6.42 Å². The molecule has 0 unspecified atom stereocenters. The number of carbonyl (C=O) groups excluding carboxylic acids is 2. The van der Waals surface area contributed by atoms with Crippen molar-refractivity contribution in [2.45, 2.75) is 33.1 Å². The van der Waals surface area contributed by atoms with Crippen molar-refractivity contribution in [3.05, 3.63) is 41.6 Å². The quantitative estimate of drug-likeness (QED) is 0.758. The normalized spacial score (nSPS) is 16.8. The van der Waals surface area contributed by atoms with Gasteiger partial charge in [0.05, 0.1) is 12.1 Å². The number of anilines is 2. The Kier molecular flexibility index (Phi) is 6.06. The van der Waals surface area contributed by atoms with Crippen molar-refractivity contribution >= 4 is 23.3 Å². The maximum absolute atomic E-state index is 12.8. The van der Waals surface area contributed by atoms with Crippen molar-refractivity contribution in [3.63, 3.8) is 0 Å². The van der Waals surface area contributed by atoms with Crippen LogP contribution in [0.15, 0.2) is 35.6 Å². The fraction of sp³-hybridized carbons (Fsp3) is 0.478. The monoisotopic (exact) mass is 423 g/mol. The summed E-state index contributed by atoms with van der Waals surface area (Å²) in [6.07, 6.45) is 6.66. The second-order valence-corrected chi connectivity index (χ2v) is 8.23. The Morgan fingerprint density at radius 1 is 1.13 bits per heavy atom. The van der Waals surface area contributed by atoms with Gasteiger partial charge in [-0.2, -0.15) is 0 Å². The van der Waals surface area contributed by atoms with Crippen LogP contribution in [0, 0.1) is 5.92 Å². The van der Waals surface area contributed by atoms with E-state index in [1.807, 2.05) is 35.8 Å². The topological polar surface area (TPSA) is 80.0 Å². The van der Waals surface area contributed by atoms with E-state index in [0.29, 0.717) is 35.8 Å². The lowest BCUT2D eigenvalue weighted by molar-refractivity contribution is 0.0723. The zero-order chi connectivity index (χ0) is 22.0. The maximum atomic E-state index is 12.8. The highest BCUT2D eigenvalue weighted by Gasteiger charge is 2.25. The van der Waals surface area contributed by atoms with Crippen molar-refractivity contribution < 1.29 is 14.3 Å². The van der Waals surface area contributed by atoms with Crippen LogP contribution in [0.3, 0.4) is 0 Å². The molecule has 164 valence electrons. The number of fused-ring (bicyclic) bond motifs is 1. The van der Waals surface area contributed by atoms with E-state index in [-0.39, 0.29) is 17.7 Å². The average molecular weight is 424 g/mol. The SMILES string of the molecule is CN=c1cc(N2CCOc3cc(C(=O)N4CCCCC4)cnc32)ccn1C(=O)C(C)C. The minimum atomic E-state index is -0.127. The second-order valence-electron chi connectivity index (χ2n) is 8.23. The zero-order valence-corrected chi connectivity index (χ0v) is 18.4. The predicted molar refractivity (Wildman–Crippen MR) is 118 cm³/mol. The molecule has 0 aliphatic carbocycles. The van der Waals surface area contributed by atoms with Gasteiger partial charge in [0.2, 0.25) is 5.91 Å². The van der Waals surface area contributed by atoms with E-state index >= 15 is 0 Å². The van der Waals surface area contributed by atoms with Gasteiger partial charge in [-0.15, -0.1) is 0 Å². The minimum Gasteiger partial charge on any atom is -0.488 e. The summed E-state index contributed by atoms with van der Waals surface area (Å²) in [6.45, 7) is 6.43. The summed E-state index contributed by atoms with van der Waals surface area (Å²) in [5.41, 5.74) is 2.02. The second kappa shape index (κ2) is 8.91. The highest BCUT2D eigenvalue weighted by atomic mass is 16.5. The summed E-state index contributed by atoms with van der Waals surface area (Å²) in [7, 11) is 1.67. The Balaban J connectivity index is 1.64. The molecule has 0 atom stereocenters. The number of pyridine rings is 2. The summed E-state index contributed by atoms with van der Waals surface area (Å²) in [5.74, 6) is 1.14. The summed E-state index contributed by atoms with van der Waals surface area (Å²) >= 11 is 0. The molecule has 0 N–H and O–H groups in total. The summed E-state index contributed by atoms with van der Waals surface area (Å²) in [5, 5.41) is 0. The molecule has 0 aromatic carbocycles. The van der Waals surface area contributed by atoms with Crippen LogP contribution in [-0.4, -0.2) is 59.6 Å². The van der Waals surface area contributed by atoms with Gasteiger partial charge in [-0.05, 0) is 31.4 Å². The molecule has 1 amide bonds. The number of amides is 1. The molecule has 2 aromatic rings. The fourth-order valence-corrected chi connectivity index (χ4v) is 4.03. The van der Waals surface area contributed by atoms with Crippen LogP contribution in [0.25, 0.3) is 0 Å². The number of ether oxygens (including phenoxy) is 1. The Bertz CT molecular complexity index is 1050. The Labute approximate surface area is 182 Å². The van der Waals surface area contributed by atoms with Crippen molar-refractivity contribution in [2.24, 2.45) is 10.9 Å². The molecular formula is C23H29N5O3. The molecule has 2 aliphatic rings. The zero-order valence-electron chi connectivity index (χ0n) is 18.4. The Morgan fingerprint density at radius 2 is 1.90 bits per heavy atom. The molecule has 31 heavy (non-hydrogen) atoms. The number of piperidine rings is 1. The number of rotatable bonds is 3. The van der Waals surface area contributed by atoms with Gasteiger partial charge in [0.15, 0.2) is 11.6 Å². The first-order valence-corrected chi connectivity index (χ1v) is 10.9. The van der Waals surface area contributed by atoms with Crippen molar-refractivity contribution in [1.82, 2.24) is 14.5 Å². The van der Waals surface area contributed by atoms with Gasteiger partial charge in [0.1, 0.15) is 12.1 Å². The van der Waals surface area contributed by atoms with Crippen LogP contribution in [0.5, 0.6) is 5.75 Å². The number of aromatic nitrogens is 2. The van der Waals surface area contributed by atoms with E-state index in [4.69, 9.17) is 4.74 Å². The molecule has 0 radical (unpaired) electrons. The van der Waals surface area contributed by atoms with Crippen LogP contribution in [0.4, 0.5) is 11.5 Å². The minimum absolute atomic E-state index is 0.00600. The van der Waals surface area contributed by atoms with Gasteiger partial charge in [-0.25, -0.2) is 4.98 Å². The molecule has 1 fully saturated rings. The third-order valence-corrected chi connectivity index (χ3v) is 5.74. The Hall–Kier alpha value is -3.16. The van der Waals surface area contributed by atoms with Gasteiger partial charge < -0.3 is 14.5 Å². The molecule has 8 nitrogen and oxygen atoms in total. The number of hydrogen-bond acceptors (Lipinski definition) is 6. The molecule has 4 heterocycles. The summed E-state index contributed by atoms with van der Waals surface area (Å²) < 4.78 is 7.42. The molecule has 4 rings (SSSR count). The molecule has 8 heteroatoms. The van der Waals surface area contributed by atoms with Crippen molar-refractivity contribution in [2.75, 3.05) is 38.2 Å². The maximum Gasteiger partial charge on any atom is 0.255 e. The largest absolute Gasteiger partial charge is 0.488 e. The van der Waals surface area contributed by atoms with Gasteiger partial charge in [-0.3, -0.25) is 19.1 Å². The number of nitrogens with zero attached hydrogens (tertiary/aromatic N) is 5. The lowest BCUT2D eigenvalue weighted by atomic mass is 10.1. The van der Waals surface area contributed by atoms with Crippen LogP contribution in [0.1, 0.15) is 48.3 Å². The number of carbonyl (C=O) groups is 2. The van der Waals surface area contributed by atoms with Crippen LogP contribution in [0.2, 0.25) is 0 Å². The van der Waals surface area contributed by atoms with Gasteiger partial charge >= 0.3 is 0 Å². The average Bonchev–Trinajstić information content (AvgIpc) is 2.82. The molecule has 0 spiro atoms. The van der Waals surface area contributed by atoms with Gasteiger partial charge in [-0.1, -0.05) is 13.8 Å². The first-order chi connectivity index (χ1) is 15.0. The van der Waals surface area contributed by atoms with Crippen molar-refractivity contribution in [1.29, 1.82) is 0 Å². The van der Waals surface area contributed by atoms with E-state index in [0.717, 1.165) is 31.6 Å². The van der Waals surface area contributed by atoms with E-state index in [2.05, 4.69) is 9.98 Å². The van der Waals surface area contributed by atoms with E-state index in [9.17, 15) is 9.59 Å². The van der Waals surface area contributed by atoms with E-state index < -0.39 is 0 Å². The molecule has 1 saturated heterocycles. The third kappa shape index (κ3) is 4.19. The molecule has 2 aliphatic heterocycles. The molecule has 0 bridgehead atoms. The van der Waals surface area contributed by atoms with Crippen molar-refractivity contribution in [3.8, 4) is 5.75 Å². The summed E-state index contributed by atoms with van der Waals surface area (Å²) in [4.78, 5) is 38.1. The molecular weight excluding hydrogens is 394 g/mol. The van der Waals surface area contributed by atoms with Crippen LogP contribution < -0.4 is 15.1 Å². The highest BCUT2D eigenvalue weighted by molar-refractivity contribution is 5.95. The first kappa shape index (κ1) is 21.1. The lowest BCUT2D eigenvalue weighted by Gasteiger charge is -2.31. The van der Waals surface area contributed by atoms with E-state index in [1.54, 1.807) is 30.1 Å². The predicted octanol–water partition coefficient (Wildman–Crippen LogP) is 2.87. The van der Waals surface area contributed by atoms with Crippen LogP contribution >= 0.6 is 0 Å². The third-order valence-electron chi connectivity index (χ3n) is 5.74. The van der Waals surface area contributed by atoms with Gasteiger partial charge in [0.25, 0.3) is 5.91 Å². The Morgan fingerprint density at radius 3 is 2.61 bits per heavy atom. The lowest BCUT2D eigenvalue weighted by Crippen LogP contribution is -2.36. The molecule has 0 saturated carbocycles. The standard InChI is InChI=1S/C23H29N5O3/c1-16(2)22(29)28-10-7-18(14-20(28)24-3)27-11-12-31-19-13-17(15-25-21(19)27)23(30)26-8-5-4-6-9-26/h7,10,13-16H,4-6,8-9,11-12H2,1-3H3. The smallest absolute Gasteiger partial charge is 0.255 e. The fourth-order valence-electron chi connectivity index (χ4n) is 4.03. The van der Waals surface area contributed by atoms with Crippen LogP contribution in [-0.2, 0) is 0 Å².